The third-order valence-electron chi connectivity index (χ3n) is 6.48. The van der Waals surface area contributed by atoms with Gasteiger partial charge in [0.2, 0.25) is 10.4 Å². The van der Waals surface area contributed by atoms with Crippen LogP contribution in [0.1, 0.15) is 27.2 Å². The Bertz CT molecular complexity index is 1260. The van der Waals surface area contributed by atoms with Crippen LogP contribution in [0.15, 0.2) is 24.4 Å². The van der Waals surface area contributed by atoms with Gasteiger partial charge in [0, 0.05) is 44.5 Å². The van der Waals surface area contributed by atoms with Crippen molar-refractivity contribution >= 4 is 12.0 Å². The molecule has 35 heavy (non-hydrogen) atoms. The third kappa shape index (κ3) is 4.34. The van der Waals surface area contributed by atoms with Gasteiger partial charge < -0.3 is 10.0 Å². The zero-order valence-electron chi connectivity index (χ0n) is 18.5. The summed E-state index contributed by atoms with van der Waals surface area (Å²) in [4.78, 5) is 28.6. The topological polar surface area (TPSA) is 137 Å². The fraction of sp³-hybridized carbons (Fsp3) is 0.450. The molecule has 2 aliphatic rings. The number of carbonyl (C=O) groups is 2. The van der Waals surface area contributed by atoms with Crippen LogP contribution in [0.3, 0.4) is 0 Å². The van der Waals surface area contributed by atoms with Crippen molar-refractivity contribution in [2.75, 3.05) is 26.2 Å². The molecule has 0 aliphatic carbocycles. The van der Waals surface area contributed by atoms with Crippen LogP contribution >= 0.6 is 0 Å². The van der Waals surface area contributed by atoms with Crippen molar-refractivity contribution in [3.05, 3.63) is 46.8 Å². The second-order valence-corrected chi connectivity index (χ2v) is 8.84. The van der Waals surface area contributed by atoms with E-state index >= 15 is 0 Å². The van der Waals surface area contributed by atoms with E-state index in [0.29, 0.717) is 31.7 Å². The monoisotopic (exact) mass is 492 g/mol. The van der Waals surface area contributed by atoms with Crippen LogP contribution in [-0.4, -0.2) is 83.7 Å². The molecular weight excluding hydrogens is 471 g/mol. The number of carboxylic acids is 1. The SMILES string of the molecule is Cc1cn(C(=O)N2CC3CN(Cc4ccc(-[n+]5nnn[nH]5)cc4C(F)(F)F)CC3C2)nc1C(=O)O. The molecule has 0 radical (unpaired) electrons. The number of nitrogens with zero attached hydrogens (tertiary/aromatic N) is 8. The molecule has 3 aromatic rings. The number of likely N-dealkylation sites (tertiary alicyclic amines) is 2. The van der Waals surface area contributed by atoms with Gasteiger partial charge in [0.05, 0.1) is 5.56 Å². The summed E-state index contributed by atoms with van der Waals surface area (Å²) in [6, 6.07) is 3.55. The van der Waals surface area contributed by atoms with E-state index in [9.17, 15) is 22.8 Å². The van der Waals surface area contributed by atoms with Crippen LogP contribution in [-0.2, 0) is 12.7 Å². The Balaban J connectivity index is 1.26. The average molecular weight is 492 g/mol. The first kappa shape index (κ1) is 22.9. The molecule has 2 N–H and O–H groups in total. The number of carbonyl (C=O) groups excluding carboxylic acids is 1. The van der Waals surface area contributed by atoms with E-state index in [4.69, 9.17) is 5.11 Å². The first-order valence-corrected chi connectivity index (χ1v) is 10.8. The van der Waals surface area contributed by atoms with Crippen LogP contribution in [0.5, 0.6) is 0 Å². The summed E-state index contributed by atoms with van der Waals surface area (Å²) < 4.78 is 42.4. The summed E-state index contributed by atoms with van der Waals surface area (Å²) in [6.07, 6.45) is -3.16. The zero-order valence-corrected chi connectivity index (χ0v) is 18.5. The van der Waals surface area contributed by atoms with E-state index in [-0.39, 0.29) is 35.3 Å². The lowest BCUT2D eigenvalue weighted by atomic mass is 10.0. The van der Waals surface area contributed by atoms with Crippen molar-refractivity contribution in [1.29, 1.82) is 0 Å². The van der Waals surface area contributed by atoms with E-state index in [2.05, 4.69) is 26.0 Å². The smallest absolute Gasteiger partial charge is 0.416 e. The second kappa shape index (κ2) is 8.41. The van der Waals surface area contributed by atoms with Gasteiger partial charge in [-0.2, -0.15) is 23.0 Å². The number of halogens is 3. The Hall–Kier alpha value is -3.88. The molecule has 1 aromatic carbocycles. The largest absolute Gasteiger partial charge is 0.476 e. The van der Waals surface area contributed by atoms with Crippen molar-refractivity contribution in [2.45, 2.75) is 19.6 Å². The number of nitrogens with one attached hydrogen (secondary N) is 1. The van der Waals surface area contributed by atoms with Crippen molar-refractivity contribution in [2.24, 2.45) is 11.8 Å². The van der Waals surface area contributed by atoms with Gasteiger partial charge >= 0.3 is 18.2 Å². The molecule has 0 saturated carbocycles. The minimum absolute atomic E-state index is 0.110. The highest BCUT2D eigenvalue weighted by atomic mass is 19.4. The number of hydrogen-bond acceptors (Lipinski definition) is 7. The van der Waals surface area contributed by atoms with Crippen LogP contribution in [0, 0.1) is 18.8 Å². The molecule has 15 heteroatoms. The Kier molecular flexibility index (Phi) is 5.50. The molecule has 2 aromatic heterocycles. The summed E-state index contributed by atoms with van der Waals surface area (Å²) in [5, 5.41) is 25.7. The van der Waals surface area contributed by atoms with Gasteiger partial charge in [-0.1, -0.05) is 6.07 Å². The van der Waals surface area contributed by atoms with Gasteiger partial charge in [0.25, 0.3) is 0 Å². The molecule has 2 aliphatic heterocycles. The second-order valence-electron chi connectivity index (χ2n) is 8.84. The van der Waals surface area contributed by atoms with Gasteiger partial charge in [-0.05, 0) is 46.5 Å². The van der Waals surface area contributed by atoms with E-state index in [0.717, 1.165) is 15.5 Å². The van der Waals surface area contributed by atoms with Crippen LogP contribution in [0.4, 0.5) is 18.0 Å². The number of benzene rings is 1. The fourth-order valence-corrected chi connectivity index (χ4v) is 4.88. The van der Waals surface area contributed by atoms with Crippen LogP contribution in [0.2, 0.25) is 0 Å². The number of aromatic carboxylic acids is 1. The minimum atomic E-state index is -4.55. The number of aromatic amines is 1. The van der Waals surface area contributed by atoms with E-state index in [1.54, 1.807) is 11.8 Å². The minimum Gasteiger partial charge on any atom is -0.476 e. The molecule has 184 valence electrons. The van der Waals surface area contributed by atoms with Crippen molar-refractivity contribution < 1.29 is 32.7 Å². The summed E-state index contributed by atoms with van der Waals surface area (Å²) in [7, 11) is 0. The maximum absolute atomic E-state index is 13.8. The number of fused-ring (bicyclic) bond motifs is 1. The predicted octanol–water partition coefficient (Wildman–Crippen LogP) is 0.730. The normalized spacial score (nSPS) is 20.4. The van der Waals surface area contributed by atoms with Crippen LogP contribution in [0.25, 0.3) is 5.69 Å². The van der Waals surface area contributed by atoms with E-state index < -0.39 is 23.7 Å². The molecule has 0 bridgehead atoms. The Labute approximate surface area is 195 Å². The summed E-state index contributed by atoms with van der Waals surface area (Å²) in [6.45, 7) is 3.65. The van der Waals surface area contributed by atoms with Gasteiger partial charge in [-0.25, -0.2) is 9.59 Å². The number of H-pyrrole nitrogens is 1. The standard InChI is InChI=1S/C20H20F3N9O3/c1-11-5-31(24-17(11)18(33)34)19(35)30-9-13-7-29(8-14(13)10-30)6-12-2-3-15(32-27-25-26-28-32)4-16(12)20(21,22)23/h2-5,13-14H,6-10H2,1H3,(H,33,34)/p+1. The number of amides is 1. The molecule has 2 unspecified atom stereocenters. The van der Waals surface area contributed by atoms with Gasteiger partial charge in [0.15, 0.2) is 11.4 Å². The number of alkyl halides is 3. The summed E-state index contributed by atoms with van der Waals surface area (Å²) in [5.41, 5.74) is -0.223. The number of aromatic nitrogens is 7. The first-order valence-electron chi connectivity index (χ1n) is 10.8. The maximum atomic E-state index is 13.8. The third-order valence-corrected chi connectivity index (χ3v) is 6.48. The molecular formula is C20H21F3N9O3+. The highest BCUT2D eigenvalue weighted by Gasteiger charge is 2.43. The molecule has 2 fully saturated rings. The molecule has 0 spiro atoms. The predicted molar refractivity (Wildman–Crippen MR) is 109 cm³/mol. The lowest BCUT2D eigenvalue weighted by molar-refractivity contribution is -0.719. The lowest BCUT2D eigenvalue weighted by Gasteiger charge is -2.23. The molecule has 5 rings (SSSR count). The quantitative estimate of drug-likeness (QED) is 0.509. The van der Waals surface area contributed by atoms with E-state index in [1.165, 1.54) is 18.3 Å². The summed E-state index contributed by atoms with van der Waals surface area (Å²) in [5.74, 6) is -0.983. The lowest BCUT2D eigenvalue weighted by Crippen LogP contribution is -2.37. The molecule has 2 atom stereocenters. The number of aryl methyl sites for hydroxylation is 1. The highest BCUT2D eigenvalue weighted by molar-refractivity contribution is 5.88. The molecule has 1 amide bonds. The van der Waals surface area contributed by atoms with Gasteiger partial charge in [-0.3, -0.25) is 4.90 Å². The number of carboxylic acid groups (broad SMARTS) is 1. The molecule has 4 heterocycles. The molecule has 2 saturated heterocycles. The number of rotatable bonds is 4. The average Bonchev–Trinajstić information content (AvgIpc) is 3.56. The highest BCUT2D eigenvalue weighted by Crippen LogP contribution is 2.36. The Morgan fingerprint density at radius 3 is 2.49 bits per heavy atom. The zero-order chi connectivity index (χ0) is 24.9. The fourth-order valence-electron chi connectivity index (χ4n) is 4.88. The van der Waals surface area contributed by atoms with Gasteiger partial charge in [0.1, 0.15) is 5.21 Å². The first-order chi connectivity index (χ1) is 16.6. The number of hydrogen-bond donors (Lipinski definition) is 2. The Morgan fingerprint density at radius 2 is 1.91 bits per heavy atom. The molecule has 12 nitrogen and oxygen atoms in total. The van der Waals surface area contributed by atoms with Crippen molar-refractivity contribution in [1.82, 2.24) is 40.4 Å². The van der Waals surface area contributed by atoms with Crippen LogP contribution < -0.4 is 4.80 Å². The van der Waals surface area contributed by atoms with Crippen molar-refractivity contribution in [3.63, 3.8) is 0 Å². The Morgan fingerprint density at radius 1 is 1.20 bits per heavy atom. The van der Waals surface area contributed by atoms with Crippen molar-refractivity contribution in [3.8, 4) is 5.69 Å². The van der Waals surface area contributed by atoms with E-state index in [1.807, 2.05) is 4.90 Å². The maximum Gasteiger partial charge on any atom is 0.416 e. The van der Waals surface area contributed by atoms with Gasteiger partial charge in [-0.15, -0.1) is 0 Å². The summed E-state index contributed by atoms with van der Waals surface area (Å²) >= 11 is 0.